The van der Waals surface area contributed by atoms with E-state index in [-0.39, 0.29) is 5.78 Å². The van der Waals surface area contributed by atoms with Gasteiger partial charge in [0.15, 0.2) is 5.78 Å². The average molecular weight is 1020 g/mol. The van der Waals surface area contributed by atoms with Gasteiger partial charge in [-0.1, -0.05) is 104 Å². The highest BCUT2D eigenvalue weighted by Crippen LogP contribution is 2.51. The third-order valence-corrected chi connectivity index (χ3v) is 18.1. The van der Waals surface area contributed by atoms with Crippen LogP contribution in [0, 0.1) is 0 Å². The summed E-state index contributed by atoms with van der Waals surface area (Å²) in [7, 11) is 10.7. The maximum atomic E-state index is 12.1. The fourth-order valence-corrected chi connectivity index (χ4v) is 13.0. The van der Waals surface area contributed by atoms with E-state index >= 15 is 0 Å². The molecule has 4 aliphatic heterocycles. The molecular formula is C59H73N7OS4. The minimum absolute atomic E-state index is 0.197. The summed E-state index contributed by atoms with van der Waals surface area (Å²) in [6, 6.07) is 48.7. The summed E-state index contributed by atoms with van der Waals surface area (Å²) >= 11 is 7.49. The van der Waals surface area contributed by atoms with Crippen molar-refractivity contribution in [2.45, 2.75) is 86.9 Å². The molecule has 0 aliphatic carbocycles. The third kappa shape index (κ3) is 13.1. The molecule has 0 aromatic heterocycles. The number of hydrogen-bond donors (Lipinski definition) is 0. The number of piperazine rings is 1. The Hall–Kier alpha value is -4.37. The number of anilines is 6. The summed E-state index contributed by atoms with van der Waals surface area (Å²) in [6.45, 7) is 17.6. The monoisotopic (exact) mass is 1020 g/mol. The molecule has 4 aliphatic rings. The van der Waals surface area contributed by atoms with Gasteiger partial charge in [0.25, 0.3) is 0 Å². The summed E-state index contributed by atoms with van der Waals surface area (Å²) < 4.78 is 0. The first-order valence-electron chi connectivity index (χ1n) is 25.3. The molecule has 0 spiro atoms. The van der Waals surface area contributed by atoms with Crippen LogP contribution >= 0.6 is 47.0 Å². The second-order valence-electron chi connectivity index (χ2n) is 19.2. The molecule has 6 aromatic rings. The molecule has 0 radical (unpaired) electrons. The fraction of sp³-hybridized carbons (Fsp3) is 0.373. The van der Waals surface area contributed by atoms with Crippen LogP contribution in [0.4, 0.5) is 34.1 Å². The van der Waals surface area contributed by atoms with Crippen molar-refractivity contribution in [3.8, 4) is 0 Å². The van der Waals surface area contributed by atoms with Crippen LogP contribution in [0.25, 0.3) is 0 Å². The van der Waals surface area contributed by atoms with Gasteiger partial charge in [0.2, 0.25) is 0 Å². The largest absolute Gasteiger partial charge is 0.340 e. The van der Waals surface area contributed by atoms with Gasteiger partial charge in [-0.15, -0.1) is 11.8 Å². The molecule has 1 fully saturated rings. The smallest absolute Gasteiger partial charge is 0.162 e. The van der Waals surface area contributed by atoms with Crippen molar-refractivity contribution in [2.75, 3.05) is 108 Å². The number of ketones is 1. The van der Waals surface area contributed by atoms with Crippen LogP contribution in [0.15, 0.2) is 168 Å². The molecular weight excluding hydrogens is 951 g/mol. The molecule has 0 N–H and O–H groups in total. The van der Waals surface area contributed by atoms with Gasteiger partial charge in [0, 0.05) is 104 Å². The number of para-hydroxylation sites is 4. The van der Waals surface area contributed by atoms with E-state index in [1.165, 1.54) is 102 Å². The molecule has 8 nitrogen and oxygen atoms in total. The van der Waals surface area contributed by atoms with Crippen LogP contribution in [0.1, 0.15) is 50.9 Å². The SMILES string of the molecule is CC(CN1c2ccccc2Sc2ccccc21)N(C)C.CCC(=O)c1ccc2c(c1)N(CC(C)N(C)C)c1ccccc1S2.CCSc1ccc2c(c1)N(CCCN1CCN(C)CC1)c1ccccc1S2. The standard InChI is InChI=1S/C22H29N3S2.C20H24N2OS.C17H20N2S/c1-3-26-18-9-10-22-20(17-18)25(19-7-4-5-8-21(19)27-22)12-6-11-24-15-13-23(2)14-16-24;1-5-18(23)15-10-11-20-17(12-15)22(13-14(2)21(3)4)16-8-6-7-9-19(16)24-20;1-13(18(2)3)12-19-14-8-4-6-10-16(14)20-17-11-7-5-9-15(17)19/h4-5,7-10,17H,3,6,11-16H2,1-2H3;6-12,14H,5,13H2,1-4H3;4-11,13H,12H2,1-3H3. The van der Waals surface area contributed by atoms with Crippen molar-refractivity contribution in [2.24, 2.45) is 0 Å². The van der Waals surface area contributed by atoms with Gasteiger partial charge in [-0.2, -0.15) is 0 Å². The fourth-order valence-electron chi connectivity index (χ4n) is 9.07. The number of carbonyl (C=O) groups is 1. The Bertz CT molecular complexity index is 2680. The summed E-state index contributed by atoms with van der Waals surface area (Å²) in [4.78, 5) is 38.4. The van der Waals surface area contributed by atoms with Gasteiger partial charge in [0.05, 0.1) is 34.1 Å². The second-order valence-corrected chi connectivity index (χ2v) is 23.8. The zero-order valence-electron chi connectivity index (χ0n) is 43.3. The lowest BCUT2D eigenvalue weighted by atomic mass is 10.1. The molecule has 1 saturated heterocycles. The predicted molar refractivity (Wildman–Crippen MR) is 308 cm³/mol. The lowest BCUT2D eigenvalue weighted by Crippen LogP contribution is -2.45. The Morgan fingerprint density at radius 2 is 0.958 bits per heavy atom. The summed E-state index contributed by atoms with van der Waals surface area (Å²) in [6.07, 6.45) is 1.74. The Morgan fingerprint density at radius 3 is 1.42 bits per heavy atom. The molecule has 71 heavy (non-hydrogen) atoms. The molecule has 6 aromatic carbocycles. The Labute approximate surface area is 442 Å². The predicted octanol–water partition coefficient (Wildman–Crippen LogP) is 14.1. The number of rotatable bonds is 14. The molecule has 4 heterocycles. The van der Waals surface area contributed by atoms with Crippen LogP contribution in [0.3, 0.4) is 0 Å². The van der Waals surface area contributed by atoms with Crippen molar-refractivity contribution in [1.82, 2.24) is 19.6 Å². The molecule has 0 amide bonds. The molecule has 0 saturated carbocycles. The highest BCUT2D eigenvalue weighted by Gasteiger charge is 2.28. The molecule has 374 valence electrons. The number of benzene rings is 6. The lowest BCUT2D eigenvalue weighted by Gasteiger charge is -2.36. The number of nitrogens with zero attached hydrogens (tertiary/aromatic N) is 7. The maximum Gasteiger partial charge on any atom is 0.162 e. The number of carbonyl (C=O) groups excluding carboxylic acids is 1. The van der Waals surface area contributed by atoms with Crippen molar-refractivity contribution < 1.29 is 4.79 Å². The zero-order chi connectivity index (χ0) is 50.0. The van der Waals surface area contributed by atoms with Gasteiger partial charge in [-0.05, 0) is 147 Å². The third-order valence-electron chi connectivity index (χ3n) is 13.8. The summed E-state index contributed by atoms with van der Waals surface area (Å²) in [5.74, 6) is 1.31. The van der Waals surface area contributed by atoms with E-state index in [0.717, 1.165) is 36.6 Å². The minimum Gasteiger partial charge on any atom is -0.340 e. The van der Waals surface area contributed by atoms with Crippen LogP contribution < -0.4 is 14.7 Å². The second kappa shape index (κ2) is 25.0. The number of thioether (sulfide) groups is 1. The van der Waals surface area contributed by atoms with Gasteiger partial charge in [-0.3, -0.25) is 4.79 Å². The van der Waals surface area contributed by atoms with E-state index in [1.807, 2.05) is 48.3 Å². The van der Waals surface area contributed by atoms with Crippen LogP contribution in [0.5, 0.6) is 0 Å². The quantitative estimate of drug-likeness (QED) is 0.0771. The first-order chi connectivity index (χ1) is 34.4. The van der Waals surface area contributed by atoms with Crippen molar-refractivity contribution in [3.63, 3.8) is 0 Å². The highest BCUT2D eigenvalue weighted by molar-refractivity contribution is 8.00. The zero-order valence-corrected chi connectivity index (χ0v) is 46.6. The van der Waals surface area contributed by atoms with E-state index in [1.54, 1.807) is 11.8 Å². The molecule has 2 atom stereocenters. The number of Topliss-reactive ketones (excluding diaryl/α,β-unsaturated/α-hetero) is 1. The van der Waals surface area contributed by atoms with Gasteiger partial charge >= 0.3 is 0 Å². The molecule has 10 rings (SSSR count). The molecule has 2 unspecified atom stereocenters. The topological polar surface area (TPSA) is 39.8 Å². The number of likely N-dealkylation sites (N-methyl/N-ethyl adjacent to an activating group) is 3. The van der Waals surface area contributed by atoms with E-state index in [4.69, 9.17) is 0 Å². The van der Waals surface area contributed by atoms with E-state index in [2.05, 4.69) is 218 Å². The number of hydrogen-bond acceptors (Lipinski definition) is 12. The molecule has 0 bridgehead atoms. The van der Waals surface area contributed by atoms with E-state index < -0.39 is 0 Å². The Kier molecular flexibility index (Phi) is 18.7. The lowest BCUT2D eigenvalue weighted by molar-refractivity contribution is 0.0988. The number of fused-ring (bicyclic) bond motifs is 6. The van der Waals surface area contributed by atoms with Crippen molar-refractivity contribution in [3.05, 3.63) is 139 Å². The van der Waals surface area contributed by atoms with E-state index in [0.29, 0.717) is 18.5 Å². The van der Waals surface area contributed by atoms with Gasteiger partial charge < -0.3 is 34.3 Å². The summed E-state index contributed by atoms with van der Waals surface area (Å²) in [5.41, 5.74) is 8.58. The Morgan fingerprint density at radius 1 is 0.535 bits per heavy atom. The maximum absolute atomic E-state index is 12.1. The van der Waals surface area contributed by atoms with Gasteiger partial charge in [0.1, 0.15) is 0 Å². The van der Waals surface area contributed by atoms with Crippen LogP contribution in [-0.2, 0) is 0 Å². The summed E-state index contributed by atoms with van der Waals surface area (Å²) in [5, 5.41) is 0. The van der Waals surface area contributed by atoms with Gasteiger partial charge in [-0.25, -0.2) is 0 Å². The first-order valence-corrected chi connectivity index (χ1v) is 28.8. The first kappa shape index (κ1) is 52.9. The minimum atomic E-state index is 0.197. The van der Waals surface area contributed by atoms with Crippen LogP contribution in [0.2, 0.25) is 0 Å². The highest BCUT2D eigenvalue weighted by atomic mass is 32.2. The Balaban J connectivity index is 0.000000144. The van der Waals surface area contributed by atoms with Crippen molar-refractivity contribution in [1.29, 1.82) is 0 Å². The van der Waals surface area contributed by atoms with Crippen molar-refractivity contribution >= 4 is 87.0 Å². The average Bonchev–Trinajstić information content (AvgIpc) is 3.39. The normalized spacial score (nSPS) is 15.7. The molecule has 12 heteroatoms. The van der Waals surface area contributed by atoms with Crippen LogP contribution in [-0.4, -0.2) is 131 Å². The van der Waals surface area contributed by atoms with E-state index in [9.17, 15) is 4.79 Å².